The maximum absolute atomic E-state index is 12.4. The quantitative estimate of drug-likeness (QED) is 0.0450. The van der Waals surface area contributed by atoms with Crippen molar-refractivity contribution in [2.75, 3.05) is 0 Å². The highest BCUT2D eigenvalue weighted by molar-refractivity contribution is 7.86. The first kappa shape index (κ1) is 44.6. The van der Waals surface area contributed by atoms with Crippen LogP contribution in [-0.2, 0) is 40.5 Å². The van der Waals surface area contributed by atoms with Crippen molar-refractivity contribution in [1.82, 2.24) is 0 Å². The largest absolute Gasteiger partial charge is 0.295 e. The van der Waals surface area contributed by atoms with Crippen molar-refractivity contribution in [3.8, 4) is 0 Å². The molecule has 24 heteroatoms. The molecule has 0 amide bonds. The van der Waals surface area contributed by atoms with E-state index in [4.69, 9.17) is 9.11 Å². The molecule has 0 bridgehead atoms. The van der Waals surface area contributed by atoms with E-state index in [1.807, 2.05) is 0 Å². The van der Waals surface area contributed by atoms with Gasteiger partial charge in [-0.25, -0.2) is 0 Å². The first-order valence-corrected chi connectivity index (χ1v) is 22.9. The van der Waals surface area contributed by atoms with Gasteiger partial charge in [0, 0.05) is 0 Å². The Morgan fingerprint density at radius 2 is 0.500 bits per heavy atom. The van der Waals surface area contributed by atoms with Gasteiger partial charge in [-0.15, -0.1) is 0 Å². The lowest BCUT2D eigenvalue weighted by Crippen LogP contribution is -2.01. The molecular formula is C38H28N8O12S4. The second-order valence-corrected chi connectivity index (χ2v) is 18.1. The SMILES string of the molecule is O=S(=O)(O)c1ccc(N=Nc2ccc(N=Nc3ccc(/C=C/c4ccc(N=Nc5ccc(N=Nc6ccc(S(=O)(=O)O)cc6)cc5)cc4S(=O)(=O)O)c(S(=O)(=O)O)c3)cc2)cc1. The molecule has 0 radical (unpaired) electrons. The smallest absolute Gasteiger partial charge is 0.282 e. The van der Waals surface area contributed by atoms with Gasteiger partial charge in [-0.1, -0.05) is 24.3 Å². The zero-order valence-corrected chi connectivity index (χ0v) is 34.4. The molecule has 4 N–H and O–H groups in total. The van der Waals surface area contributed by atoms with E-state index < -0.39 is 50.3 Å². The predicted octanol–water partition coefficient (Wildman–Crippen LogP) is 10.5. The average Bonchev–Trinajstić information content (AvgIpc) is 3.22. The van der Waals surface area contributed by atoms with Crippen LogP contribution in [-0.4, -0.2) is 51.9 Å². The van der Waals surface area contributed by atoms with Crippen LogP contribution in [0, 0.1) is 0 Å². The molecule has 20 nitrogen and oxygen atoms in total. The summed E-state index contributed by atoms with van der Waals surface area (Å²) in [6.45, 7) is 0. The van der Waals surface area contributed by atoms with E-state index in [1.54, 1.807) is 24.3 Å². The number of azo groups is 4. The third-order valence-corrected chi connectivity index (χ3v) is 11.6. The van der Waals surface area contributed by atoms with Gasteiger partial charge in [0.1, 0.15) is 9.79 Å². The van der Waals surface area contributed by atoms with Crippen LogP contribution < -0.4 is 0 Å². The summed E-state index contributed by atoms with van der Waals surface area (Å²) >= 11 is 0. The highest BCUT2D eigenvalue weighted by atomic mass is 32.2. The molecule has 0 saturated carbocycles. The van der Waals surface area contributed by atoms with Crippen LogP contribution in [0.1, 0.15) is 11.1 Å². The lowest BCUT2D eigenvalue weighted by Gasteiger charge is -2.06. The standard InChI is InChI=1S/C38H28N8O12S4/c47-59(48,49)35-19-15-31(16-20-35)41-39-27-7-11-29(12-8-27)43-45-33-5-3-25(37(23-33)61(53,54)55)1-2-26-4-6-34(24-38(26)62(56,57)58)46-44-30-13-9-28(10-14-30)40-42-32-17-21-36(22-18-32)60(50,51)52/h1-24H,(H,47,48,49)(H,50,51,52)(H,53,54,55)(H,56,57,58)/b2-1+,41-39?,42-40?,45-43?,46-44?. The van der Waals surface area contributed by atoms with E-state index in [0.29, 0.717) is 34.1 Å². The highest BCUT2D eigenvalue weighted by Gasteiger charge is 2.18. The Bertz CT molecular complexity index is 3030. The van der Waals surface area contributed by atoms with Gasteiger partial charge in [-0.05, 0) is 132 Å². The van der Waals surface area contributed by atoms with Crippen LogP contribution in [0.2, 0.25) is 0 Å². The number of hydrogen-bond donors (Lipinski definition) is 4. The lowest BCUT2D eigenvalue weighted by atomic mass is 10.1. The van der Waals surface area contributed by atoms with Crippen LogP contribution in [0.3, 0.4) is 0 Å². The minimum atomic E-state index is -4.84. The number of benzene rings is 6. The Hall–Kier alpha value is -6.90. The van der Waals surface area contributed by atoms with Crippen molar-refractivity contribution >= 4 is 98.1 Å². The lowest BCUT2D eigenvalue weighted by molar-refractivity contribution is 0.480. The number of nitrogens with zero attached hydrogens (tertiary/aromatic N) is 8. The summed E-state index contributed by atoms with van der Waals surface area (Å²) in [4.78, 5) is -1.74. The summed E-state index contributed by atoms with van der Waals surface area (Å²) in [6.07, 6.45) is 2.41. The Morgan fingerprint density at radius 1 is 0.290 bits per heavy atom. The minimum Gasteiger partial charge on any atom is -0.282 e. The van der Waals surface area contributed by atoms with Crippen LogP contribution >= 0.6 is 0 Å². The summed E-state index contributed by atoms with van der Waals surface area (Å²) in [7, 11) is -18.4. The van der Waals surface area contributed by atoms with Crippen molar-refractivity contribution in [1.29, 1.82) is 0 Å². The molecule has 62 heavy (non-hydrogen) atoms. The molecule has 6 aromatic rings. The number of rotatable bonds is 14. The second kappa shape index (κ2) is 18.4. The van der Waals surface area contributed by atoms with Crippen molar-refractivity contribution in [3.05, 3.63) is 145 Å². The predicted molar refractivity (Wildman–Crippen MR) is 224 cm³/mol. The first-order chi connectivity index (χ1) is 29.2. The van der Waals surface area contributed by atoms with Gasteiger partial charge in [0.05, 0.1) is 55.3 Å². The van der Waals surface area contributed by atoms with Crippen LogP contribution in [0.15, 0.2) is 194 Å². The molecule has 0 saturated heterocycles. The molecule has 0 aliphatic carbocycles. The van der Waals surface area contributed by atoms with Crippen molar-refractivity contribution < 1.29 is 51.9 Å². The molecule has 0 aliphatic rings. The van der Waals surface area contributed by atoms with Gasteiger partial charge in [0.25, 0.3) is 40.5 Å². The third kappa shape index (κ3) is 12.3. The first-order valence-electron chi connectivity index (χ1n) is 17.1. The Morgan fingerprint density at radius 3 is 0.726 bits per heavy atom. The molecule has 0 heterocycles. The summed E-state index contributed by atoms with van der Waals surface area (Å²) in [5.41, 5.74) is 2.08. The summed E-state index contributed by atoms with van der Waals surface area (Å²) in [5.74, 6) is 0. The molecule has 6 rings (SSSR count). The fraction of sp³-hybridized carbons (Fsp3) is 0. The van der Waals surface area contributed by atoms with Crippen molar-refractivity contribution in [3.63, 3.8) is 0 Å². The molecule has 6 aromatic carbocycles. The van der Waals surface area contributed by atoms with E-state index in [-0.39, 0.29) is 32.3 Å². The Labute approximate surface area is 353 Å². The zero-order valence-electron chi connectivity index (χ0n) is 31.1. The van der Waals surface area contributed by atoms with Gasteiger partial charge in [0.2, 0.25) is 0 Å². The normalized spacial score (nSPS) is 13.0. The van der Waals surface area contributed by atoms with Gasteiger partial charge in [-0.2, -0.15) is 74.6 Å². The summed E-state index contributed by atoms with van der Waals surface area (Å²) < 4.78 is 132. The van der Waals surface area contributed by atoms with Crippen LogP contribution in [0.5, 0.6) is 0 Å². The molecule has 0 aliphatic heterocycles. The van der Waals surface area contributed by atoms with E-state index in [1.165, 1.54) is 109 Å². The molecular weight excluding hydrogens is 889 g/mol. The molecule has 316 valence electrons. The van der Waals surface area contributed by atoms with Gasteiger partial charge < -0.3 is 0 Å². The minimum absolute atomic E-state index is 0.0330. The summed E-state index contributed by atoms with van der Waals surface area (Å²) in [5, 5.41) is 32.3. The van der Waals surface area contributed by atoms with Crippen molar-refractivity contribution in [2.45, 2.75) is 19.6 Å². The average molecular weight is 917 g/mol. The van der Waals surface area contributed by atoms with Gasteiger partial charge in [-0.3, -0.25) is 18.2 Å². The highest BCUT2D eigenvalue weighted by Crippen LogP contribution is 2.31. The fourth-order valence-corrected chi connectivity index (χ4v) is 7.44. The molecule has 0 aromatic heterocycles. The van der Waals surface area contributed by atoms with E-state index in [9.17, 15) is 42.8 Å². The zero-order chi connectivity index (χ0) is 44.7. The van der Waals surface area contributed by atoms with E-state index in [2.05, 4.69) is 40.9 Å². The monoisotopic (exact) mass is 916 g/mol. The maximum atomic E-state index is 12.4. The molecule has 0 atom stereocenters. The Kier molecular flexibility index (Phi) is 13.2. The van der Waals surface area contributed by atoms with E-state index >= 15 is 0 Å². The molecule has 0 fully saturated rings. The van der Waals surface area contributed by atoms with Crippen molar-refractivity contribution in [2.24, 2.45) is 40.9 Å². The molecule has 0 spiro atoms. The fourth-order valence-electron chi connectivity index (χ4n) is 5.08. The molecule has 0 unspecified atom stereocenters. The summed E-state index contributed by atoms with van der Waals surface area (Å²) in [6, 6.07) is 29.9. The van der Waals surface area contributed by atoms with Gasteiger partial charge in [0.15, 0.2) is 0 Å². The number of hydrogen-bond acceptors (Lipinski definition) is 16. The van der Waals surface area contributed by atoms with Crippen LogP contribution in [0.25, 0.3) is 12.2 Å². The van der Waals surface area contributed by atoms with E-state index in [0.717, 1.165) is 12.1 Å². The maximum Gasteiger partial charge on any atom is 0.295 e. The topological polar surface area (TPSA) is 316 Å². The third-order valence-electron chi connectivity index (χ3n) is 8.08. The second-order valence-electron chi connectivity index (χ2n) is 12.5. The van der Waals surface area contributed by atoms with Gasteiger partial charge >= 0.3 is 0 Å². The van der Waals surface area contributed by atoms with Crippen LogP contribution in [0.4, 0.5) is 45.5 Å². The Balaban J connectivity index is 1.13.